The number of rotatable bonds is 7. The van der Waals surface area contributed by atoms with E-state index in [0.717, 1.165) is 19.6 Å². The Morgan fingerprint density at radius 1 is 1.32 bits per heavy atom. The van der Waals surface area contributed by atoms with E-state index in [0.29, 0.717) is 29.7 Å². The molecular formula is C18H26ClN3O3. The molecule has 1 aromatic carbocycles. The van der Waals surface area contributed by atoms with Gasteiger partial charge in [-0.25, -0.2) is 0 Å². The summed E-state index contributed by atoms with van der Waals surface area (Å²) in [6, 6.07) is 6.73. The van der Waals surface area contributed by atoms with Crippen molar-refractivity contribution in [2.75, 3.05) is 39.3 Å². The Hall–Kier alpha value is -1.63. The summed E-state index contributed by atoms with van der Waals surface area (Å²) in [5, 5.41) is 5.75. The molecule has 0 aliphatic carbocycles. The highest BCUT2D eigenvalue weighted by atomic mass is 35.5. The van der Waals surface area contributed by atoms with Gasteiger partial charge in [0.25, 0.3) is 5.91 Å². The molecule has 1 aromatic rings. The van der Waals surface area contributed by atoms with Crippen molar-refractivity contribution in [2.24, 2.45) is 5.92 Å². The Labute approximate surface area is 153 Å². The molecule has 1 aliphatic rings. The van der Waals surface area contributed by atoms with Crippen molar-refractivity contribution in [2.45, 2.75) is 20.0 Å². The zero-order valence-corrected chi connectivity index (χ0v) is 15.5. The van der Waals surface area contributed by atoms with Crippen LogP contribution in [-0.2, 0) is 9.53 Å². The Kier molecular flexibility index (Phi) is 7.68. The first kappa shape index (κ1) is 19.7. The molecular weight excluding hydrogens is 342 g/mol. The van der Waals surface area contributed by atoms with Crippen LogP contribution in [0.2, 0.25) is 5.02 Å². The number of hydrogen-bond donors (Lipinski definition) is 2. The highest BCUT2D eigenvalue weighted by molar-refractivity contribution is 6.33. The molecule has 2 amide bonds. The van der Waals surface area contributed by atoms with Gasteiger partial charge in [-0.05, 0) is 18.1 Å². The van der Waals surface area contributed by atoms with Crippen LogP contribution >= 0.6 is 11.6 Å². The number of carbonyl (C=O) groups is 2. The average molecular weight is 368 g/mol. The molecule has 2 N–H and O–H groups in total. The van der Waals surface area contributed by atoms with Crippen molar-refractivity contribution in [1.29, 1.82) is 0 Å². The summed E-state index contributed by atoms with van der Waals surface area (Å²) in [4.78, 5) is 26.3. The summed E-state index contributed by atoms with van der Waals surface area (Å²) in [6.07, 6.45) is -0.0179. The number of ether oxygens (including phenoxy) is 1. The van der Waals surface area contributed by atoms with Crippen LogP contribution in [0, 0.1) is 5.92 Å². The van der Waals surface area contributed by atoms with E-state index in [4.69, 9.17) is 16.3 Å². The average Bonchev–Trinajstić information content (AvgIpc) is 2.58. The first-order valence-corrected chi connectivity index (χ1v) is 8.97. The largest absolute Gasteiger partial charge is 0.374 e. The Morgan fingerprint density at radius 3 is 2.80 bits per heavy atom. The molecule has 1 atom stereocenters. The van der Waals surface area contributed by atoms with E-state index in [1.54, 1.807) is 24.3 Å². The lowest BCUT2D eigenvalue weighted by atomic mass is 10.2. The van der Waals surface area contributed by atoms with Crippen LogP contribution < -0.4 is 10.6 Å². The topological polar surface area (TPSA) is 70.7 Å². The molecule has 1 fully saturated rings. The van der Waals surface area contributed by atoms with Crippen LogP contribution in [0.5, 0.6) is 0 Å². The van der Waals surface area contributed by atoms with Crippen molar-refractivity contribution in [3.63, 3.8) is 0 Å². The van der Waals surface area contributed by atoms with Gasteiger partial charge in [0.15, 0.2) is 0 Å². The first-order chi connectivity index (χ1) is 12.0. The van der Waals surface area contributed by atoms with E-state index in [1.165, 1.54) is 0 Å². The molecule has 0 spiro atoms. The van der Waals surface area contributed by atoms with Gasteiger partial charge in [0.05, 0.1) is 29.8 Å². The van der Waals surface area contributed by atoms with Crippen molar-refractivity contribution >= 4 is 23.4 Å². The molecule has 0 saturated carbocycles. The molecule has 0 bridgehead atoms. The number of benzene rings is 1. The molecule has 1 heterocycles. The zero-order chi connectivity index (χ0) is 18.2. The van der Waals surface area contributed by atoms with Gasteiger partial charge in [0.2, 0.25) is 5.91 Å². The number of nitrogens with one attached hydrogen (secondary N) is 2. The molecule has 6 nitrogen and oxygen atoms in total. The third-order valence-corrected chi connectivity index (χ3v) is 4.23. The van der Waals surface area contributed by atoms with E-state index < -0.39 is 0 Å². The second kappa shape index (κ2) is 9.75. The smallest absolute Gasteiger partial charge is 0.253 e. The fourth-order valence-corrected chi connectivity index (χ4v) is 3.00. The molecule has 0 aromatic heterocycles. The predicted molar refractivity (Wildman–Crippen MR) is 97.8 cm³/mol. The summed E-state index contributed by atoms with van der Waals surface area (Å²) in [7, 11) is 0. The standard InChI is InChI=1S/C18H26ClN3O3/c1-13(2)11-22-7-8-25-14(12-22)9-20-17(23)10-21-18(24)15-5-3-4-6-16(15)19/h3-6,13-14H,7-12H2,1-2H3,(H,20,23)(H,21,24). The molecule has 1 aliphatic heterocycles. The third kappa shape index (κ3) is 6.65. The van der Waals surface area contributed by atoms with Gasteiger partial charge in [0.1, 0.15) is 0 Å². The Morgan fingerprint density at radius 2 is 2.08 bits per heavy atom. The Balaban J connectivity index is 1.70. The van der Waals surface area contributed by atoms with Crippen LogP contribution in [0.4, 0.5) is 0 Å². The SMILES string of the molecule is CC(C)CN1CCOC(CNC(=O)CNC(=O)c2ccccc2Cl)C1. The number of morpholine rings is 1. The fraction of sp³-hybridized carbons (Fsp3) is 0.556. The van der Waals surface area contributed by atoms with Crippen LogP contribution in [-0.4, -0.2) is 62.1 Å². The summed E-state index contributed by atoms with van der Waals surface area (Å²) in [5.74, 6) is -0.00359. The van der Waals surface area contributed by atoms with Crippen molar-refractivity contribution in [3.05, 3.63) is 34.9 Å². The van der Waals surface area contributed by atoms with Gasteiger partial charge in [-0.2, -0.15) is 0 Å². The highest BCUT2D eigenvalue weighted by Crippen LogP contribution is 2.14. The van der Waals surface area contributed by atoms with E-state index in [9.17, 15) is 9.59 Å². The van der Waals surface area contributed by atoms with Gasteiger partial charge in [-0.1, -0.05) is 37.6 Å². The number of amides is 2. The predicted octanol–water partition coefficient (Wildman–Crippen LogP) is 1.54. The quantitative estimate of drug-likeness (QED) is 0.767. The van der Waals surface area contributed by atoms with Crippen molar-refractivity contribution in [3.8, 4) is 0 Å². The van der Waals surface area contributed by atoms with Crippen LogP contribution in [0.25, 0.3) is 0 Å². The lowest BCUT2D eigenvalue weighted by molar-refractivity contribution is -0.121. The molecule has 0 radical (unpaired) electrons. The number of halogens is 1. The van der Waals surface area contributed by atoms with Gasteiger partial charge in [0, 0.05) is 26.2 Å². The second-order valence-corrected chi connectivity index (χ2v) is 7.02. The van der Waals surface area contributed by atoms with E-state index in [1.807, 2.05) is 0 Å². The molecule has 1 saturated heterocycles. The Bertz CT molecular complexity index is 595. The molecule has 7 heteroatoms. The maximum Gasteiger partial charge on any atom is 0.253 e. The van der Waals surface area contributed by atoms with Crippen LogP contribution in [0.1, 0.15) is 24.2 Å². The van der Waals surface area contributed by atoms with Crippen LogP contribution in [0.3, 0.4) is 0 Å². The number of hydrogen-bond acceptors (Lipinski definition) is 4. The lowest BCUT2D eigenvalue weighted by Gasteiger charge is -2.33. The summed E-state index contributed by atoms with van der Waals surface area (Å²) < 4.78 is 5.69. The van der Waals surface area contributed by atoms with E-state index >= 15 is 0 Å². The van der Waals surface area contributed by atoms with Gasteiger partial charge in [-0.15, -0.1) is 0 Å². The summed E-state index contributed by atoms with van der Waals surface area (Å²) in [6.45, 7) is 8.17. The maximum absolute atomic E-state index is 12.0. The minimum absolute atomic E-state index is 0.0179. The molecule has 25 heavy (non-hydrogen) atoms. The molecule has 2 rings (SSSR count). The fourth-order valence-electron chi connectivity index (χ4n) is 2.78. The van der Waals surface area contributed by atoms with E-state index in [-0.39, 0.29) is 24.5 Å². The molecule has 138 valence electrons. The maximum atomic E-state index is 12.0. The van der Waals surface area contributed by atoms with Crippen LogP contribution in [0.15, 0.2) is 24.3 Å². The van der Waals surface area contributed by atoms with E-state index in [2.05, 4.69) is 29.4 Å². The highest BCUT2D eigenvalue weighted by Gasteiger charge is 2.21. The normalized spacial score (nSPS) is 18.2. The van der Waals surface area contributed by atoms with Gasteiger partial charge < -0.3 is 15.4 Å². The first-order valence-electron chi connectivity index (χ1n) is 8.59. The monoisotopic (exact) mass is 367 g/mol. The number of carbonyl (C=O) groups excluding carboxylic acids is 2. The minimum Gasteiger partial charge on any atom is -0.374 e. The summed E-state index contributed by atoms with van der Waals surface area (Å²) >= 11 is 5.96. The third-order valence-electron chi connectivity index (χ3n) is 3.90. The second-order valence-electron chi connectivity index (χ2n) is 6.61. The van der Waals surface area contributed by atoms with Crippen molar-refractivity contribution < 1.29 is 14.3 Å². The lowest BCUT2D eigenvalue weighted by Crippen LogP contribution is -2.49. The minimum atomic E-state index is -0.363. The number of nitrogens with zero attached hydrogens (tertiary/aromatic N) is 1. The van der Waals surface area contributed by atoms with Gasteiger partial charge >= 0.3 is 0 Å². The summed E-state index contributed by atoms with van der Waals surface area (Å²) in [5.41, 5.74) is 0.358. The zero-order valence-electron chi connectivity index (χ0n) is 14.8. The van der Waals surface area contributed by atoms with Crippen molar-refractivity contribution in [1.82, 2.24) is 15.5 Å². The molecule has 1 unspecified atom stereocenters. The van der Waals surface area contributed by atoms with Gasteiger partial charge in [-0.3, -0.25) is 14.5 Å².